The summed E-state index contributed by atoms with van der Waals surface area (Å²) < 4.78 is 0. The SMILES string of the molecule is CN1CC[C@@](O)(c2cccc(-c3nc(-c4ccnc(NC5CCC(O)CC5)n4)cs3)c2)C1=O. The molecule has 1 aliphatic carbocycles. The Balaban J connectivity index is 1.35. The molecular weight excluding hydrogens is 438 g/mol. The summed E-state index contributed by atoms with van der Waals surface area (Å²) in [4.78, 5) is 27.8. The van der Waals surface area contributed by atoms with Gasteiger partial charge in [0.15, 0.2) is 5.60 Å². The van der Waals surface area contributed by atoms with Gasteiger partial charge in [-0.15, -0.1) is 11.3 Å². The fraction of sp³-hybridized carbons (Fsp3) is 0.417. The minimum atomic E-state index is -1.48. The normalized spacial score (nSPS) is 25.4. The van der Waals surface area contributed by atoms with Crippen molar-refractivity contribution in [3.8, 4) is 22.0 Å². The van der Waals surface area contributed by atoms with Crippen molar-refractivity contribution in [2.24, 2.45) is 0 Å². The number of benzene rings is 1. The van der Waals surface area contributed by atoms with Crippen molar-refractivity contribution in [2.45, 2.75) is 49.9 Å². The lowest BCUT2D eigenvalue weighted by molar-refractivity contribution is -0.143. The van der Waals surface area contributed by atoms with Crippen LogP contribution in [0.15, 0.2) is 41.9 Å². The Hall–Kier alpha value is -2.88. The van der Waals surface area contributed by atoms with E-state index in [1.165, 1.54) is 11.3 Å². The van der Waals surface area contributed by atoms with Crippen LogP contribution >= 0.6 is 11.3 Å². The van der Waals surface area contributed by atoms with Gasteiger partial charge in [-0.25, -0.2) is 15.0 Å². The maximum atomic E-state index is 12.5. The summed E-state index contributed by atoms with van der Waals surface area (Å²) in [5.74, 6) is 0.296. The lowest BCUT2D eigenvalue weighted by Gasteiger charge is -2.26. The number of thiazole rings is 1. The van der Waals surface area contributed by atoms with Crippen LogP contribution in [0.25, 0.3) is 22.0 Å². The molecule has 8 nitrogen and oxygen atoms in total. The highest BCUT2D eigenvalue weighted by atomic mass is 32.1. The molecule has 0 radical (unpaired) electrons. The van der Waals surface area contributed by atoms with E-state index in [1.807, 2.05) is 29.6 Å². The highest BCUT2D eigenvalue weighted by Gasteiger charge is 2.45. The first-order valence-electron chi connectivity index (χ1n) is 11.2. The second kappa shape index (κ2) is 8.81. The molecule has 1 aliphatic heterocycles. The van der Waals surface area contributed by atoms with Crippen LogP contribution in [0.3, 0.4) is 0 Å². The fourth-order valence-corrected chi connectivity index (χ4v) is 5.34. The van der Waals surface area contributed by atoms with E-state index in [-0.39, 0.29) is 18.1 Å². The monoisotopic (exact) mass is 465 g/mol. The predicted molar refractivity (Wildman–Crippen MR) is 127 cm³/mol. The van der Waals surface area contributed by atoms with Gasteiger partial charge in [-0.2, -0.15) is 0 Å². The maximum Gasteiger partial charge on any atom is 0.258 e. The van der Waals surface area contributed by atoms with Gasteiger partial charge in [0.1, 0.15) is 10.7 Å². The van der Waals surface area contributed by atoms with Crippen LogP contribution in [0.4, 0.5) is 5.95 Å². The number of likely N-dealkylation sites (tertiary alicyclic amines) is 1. The van der Waals surface area contributed by atoms with Crippen LogP contribution in [0.1, 0.15) is 37.7 Å². The number of hydrogen-bond acceptors (Lipinski definition) is 8. The number of likely N-dealkylation sites (N-methyl/N-ethyl adjacent to an activating group) is 1. The molecule has 5 rings (SSSR count). The Morgan fingerprint density at radius 2 is 1.97 bits per heavy atom. The van der Waals surface area contributed by atoms with Gasteiger partial charge in [0, 0.05) is 43.2 Å². The van der Waals surface area contributed by atoms with E-state index in [0.29, 0.717) is 24.5 Å². The lowest BCUT2D eigenvalue weighted by Crippen LogP contribution is -2.36. The molecule has 3 heterocycles. The molecule has 9 heteroatoms. The topological polar surface area (TPSA) is 111 Å². The Kier molecular flexibility index (Phi) is 5.86. The number of anilines is 1. The van der Waals surface area contributed by atoms with E-state index < -0.39 is 5.60 Å². The minimum absolute atomic E-state index is 0.198. The average molecular weight is 466 g/mol. The zero-order chi connectivity index (χ0) is 23.0. The van der Waals surface area contributed by atoms with Crippen LogP contribution in [0.2, 0.25) is 0 Å². The van der Waals surface area contributed by atoms with Gasteiger partial charge in [0.05, 0.1) is 11.8 Å². The second-order valence-corrected chi connectivity index (χ2v) is 9.73. The quantitative estimate of drug-likeness (QED) is 0.531. The molecule has 1 aromatic carbocycles. The van der Waals surface area contributed by atoms with Gasteiger partial charge >= 0.3 is 0 Å². The van der Waals surface area contributed by atoms with E-state index in [1.54, 1.807) is 24.2 Å². The molecule has 1 atom stereocenters. The predicted octanol–water partition coefficient (Wildman–Crippen LogP) is 3.03. The fourth-order valence-electron chi connectivity index (χ4n) is 4.53. The van der Waals surface area contributed by atoms with Crippen molar-refractivity contribution in [1.29, 1.82) is 0 Å². The zero-order valence-electron chi connectivity index (χ0n) is 18.4. The Morgan fingerprint density at radius 3 is 2.73 bits per heavy atom. The molecular formula is C24H27N5O3S. The molecule has 0 spiro atoms. The van der Waals surface area contributed by atoms with Gasteiger partial charge in [0.25, 0.3) is 5.91 Å². The second-order valence-electron chi connectivity index (χ2n) is 8.87. The zero-order valence-corrected chi connectivity index (χ0v) is 19.3. The van der Waals surface area contributed by atoms with Gasteiger partial charge in [-0.1, -0.05) is 18.2 Å². The van der Waals surface area contributed by atoms with E-state index in [0.717, 1.165) is 47.6 Å². The van der Waals surface area contributed by atoms with Crippen molar-refractivity contribution in [1.82, 2.24) is 19.9 Å². The van der Waals surface area contributed by atoms with Gasteiger partial charge in [-0.05, 0) is 43.4 Å². The highest BCUT2D eigenvalue weighted by molar-refractivity contribution is 7.13. The maximum absolute atomic E-state index is 12.5. The summed E-state index contributed by atoms with van der Waals surface area (Å²) in [6.45, 7) is 0.534. The number of carbonyl (C=O) groups is 1. The molecule has 2 aliphatic rings. The lowest BCUT2D eigenvalue weighted by atomic mass is 9.91. The Labute approximate surface area is 196 Å². The molecule has 33 heavy (non-hydrogen) atoms. The van der Waals surface area contributed by atoms with E-state index in [4.69, 9.17) is 4.98 Å². The number of nitrogens with zero attached hydrogens (tertiary/aromatic N) is 4. The van der Waals surface area contributed by atoms with Crippen LogP contribution in [0.5, 0.6) is 0 Å². The van der Waals surface area contributed by atoms with Gasteiger partial charge in [-0.3, -0.25) is 4.79 Å². The Bertz CT molecular complexity index is 1160. The molecule has 3 aromatic rings. The summed E-state index contributed by atoms with van der Waals surface area (Å²) in [6, 6.07) is 9.53. The first kappa shape index (κ1) is 21.9. The highest BCUT2D eigenvalue weighted by Crippen LogP contribution is 2.36. The number of aromatic nitrogens is 3. The van der Waals surface area contributed by atoms with Crippen LogP contribution < -0.4 is 5.32 Å². The third-order valence-electron chi connectivity index (χ3n) is 6.55. The number of amides is 1. The smallest absolute Gasteiger partial charge is 0.258 e. The Morgan fingerprint density at radius 1 is 1.15 bits per heavy atom. The van der Waals surface area contributed by atoms with E-state index in [2.05, 4.69) is 15.3 Å². The number of rotatable bonds is 5. The summed E-state index contributed by atoms with van der Waals surface area (Å²) >= 11 is 1.49. The van der Waals surface area contributed by atoms with Crippen LogP contribution in [-0.2, 0) is 10.4 Å². The summed E-state index contributed by atoms with van der Waals surface area (Å²) in [5.41, 5.74) is 1.45. The number of aliphatic hydroxyl groups excluding tert-OH is 1. The first-order valence-corrected chi connectivity index (χ1v) is 12.1. The standard InChI is InChI=1S/C24H27N5O3S/c1-29-12-10-24(32,22(29)31)16-4-2-3-15(13-16)21-27-20(14-33-21)19-9-11-25-23(28-19)26-17-5-7-18(30)8-6-17/h2-4,9,11,13-14,17-18,30,32H,5-8,10,12H2,1H3,(H,25,26,28)/t17?,18?,24-/m1/s1. The number of hydrogen-bond donors (Lipinski definition) is 3. The summed E-state index contributed by atoms with van der Waals surface area (Å²) in [6.07, 6.45) is 5.29. The molecule has 1 saturated heterocycles. The third-order valence-corrected chi connectivity index (χ3v) is 7.44. The number of aliphatic hydroxyl groups is 2. The molecule has 3 N–H and O–H groups in total. The number of carbonyl (C=O) groups excluding carboxylic acids is 1. The van der Waals surface area contributed by atoms with Crippen molar-refractivity contribution < 1.29 is 15.0 Å². The van der Waals surface area contributed by atoms with Crippen LogP contribution in [-0.4, -0.2) is 61.7 Å². The van der Waals surface area contributed by atoms with Crippen molar-refractivity contribution in [3.63, 3.8) is 0 Å². The molecule has 1 saturated carbocycles. The first-order chi connectivity index (χ1) is 15.9. The molecule has 172 valence electrons. The average Bonchev–Trinajstić information content (AvgIpc) is 3.43. The molecule has 2 aromatic heterocycles. The number of nitrogens with one attached hydrogen (secondary N) is 1. The minimum Gasteiger partial charge on any atom is -0.393 e. The van der Waals surface area contributed by atoms with Gasteiger partial charge < -0.3 is 20.4 Å². The molecule has 2 fully saturated rings. The third kappa shape index (κ3) is 4.36. The van der Waals surface area contributed by atoms with Crippen molar-refractivity contribution in [3.05, 3.63) is 47.5 Å². The van der Waals surface area contributed by atoms with Gasteiger partial charge in [0.2, 0.25) is 5.95 Å². The molecule has 1 amide bonds. The van der Waals surface area contributed by atoms with Crippen molar-refractivity contribution in [2.75, 3.05) is 18.9 Å². The molecule has 0 unspecified atom stereocenters. The van der Waals surface area contributed by atoms with Crippen molar-refractivity contribution >= 4 is 23.2 Å². The largest absolute Gasteiger partial charge is 0.393 e. The summed E-state index contributed by atoms with van der Waals surface area (Å²) in [7, 11) is 1.71. The van der Waals surface area contributed by atoms with E-state index >= 15 is 0 Å². The van der Waals surface area contributed by atoms with Crippen LogP contribution in [0, 0.1) is 0 Å². The summed E-state index contributed by atoms with van der Waals surface area (Å²) in [5, 5.41) is 26.8. The van der Waals surface area contributed by atoms with E-state index in [9.17, 15) is 15.0 Å². The molecule has 0 bridgehead atoms.